The minimum atomic E-state index is -2.84. The second-order valence-electron chi connectivity index (χ2n) is 7.16. The van der Waals surface area contributed by atoms with Crippen LogP contribution in [0.4, 0.5) is 10.8 Å². The lowest BCUT2D eigenvalue weighted by atomic mass is 10.1. The highest BCUT2D eigenvalue weighted by atomic mass is 32.2. The highest BCUT2D eigenvalue weighted by molar-refractivity contribution is 7.91. The fourth-order valence-corrected chi connectivity index (χ4v) is 5.15. The molecule has 1 saturated heterocycles. The van der Waals surface area contributed by atoms with Crippen LogP contribution in [0.3, 0.4) is 0 Å². The van der Waals surface area contributed by atoms with Gasteiger partial charge in [-0.1, -0.05) is 17.4 Å². The van der Waals surface area contributed by atoms with Gasteiger partial charge in [-0.2, -0.15) is 0 Å². The molecule has 1 amide bonds. The van der Waals surface area contributed by atoms with Gasteiger partial charge in [0, 0.05) is 25.2 Å². The minimum absolute atomic E-state index is 0.142. The van der Waals surface area contributed by atoms with Gasteiger partial charge in [-0.05, 0) is 38.4 Å². The van der Waals surface area contributed by atoms with E-state index in [0.29, 0.717) is 40.9 Å². The molecule has 10 heteroatoms. The van der Waals surface area contributed by atoms with Crippen molar-refractivity contribution >= 4 is 37.9 Å². The number of phenols is 1. The number of aryl methyl sites for hydroxylation is 1. The summed E-state index contributed by atoms with van der Waals surface area (Å²) in [6, 6.07) is 3.37. The standard InChI is InChI=1S/C19H26N4O4S2/c1-13-4-5-15(24)14(2)17(13)22-18(25)16-12-21-19(28-16)20-6-3-7-23-8-10-29(26,27)11-9-23/h4-5,12,24H,3,6-11H2,1-2H3,(H,20,21)(H,22,25). The molecule has 0 unspecified atom stereocenters. The average Bonchev–Trinajstić information content (AvgIpc) is 3.15. The number of nitrogens with one attached hydrogen (secondary N) is 2. The van der Waals surface area contributed by atoms with Gasteiger partial charge in [0.2, 0.25) is 0 Å². The zero-order valence-corrected chi connectivity index (χ0v) is 18.2. The SMILES string of the molecule is Cc1ccc(O)c(C)c1NC(=O)c1cnc(NCCCN2CCS(=O)(=O)CC2)s1. The molecule has 8 nitrogen and oxygen atoms in total. The number of phenolic OH excluding ortho intramolecular Hbond substituents is 1. The summed E-state index contributed by atoms with van der Waals surface area (Å²) in [4.78, 5) is 19.4. The maximum atomic E-state index is 12.5. The molecule has 1 aliphatic rings. The summed E-state index contributed by atoms with van der Waals surface area (Å²) in [7, 11) is -2.84. The van der Waals surface area contributed by atoms with E-state index in [-0.39, 0.29) is 23.2 Å². The number of benzene rings is 1. The summed E-state index contributed by atoms with van der Waals surface area (Å²) >= 11 is 1.27. The third-order valence-electron chi connectivity index (χ3n) is 4.98. The van der Waals surface area contributed by atoms with Gasteiger partial charge in [0.25, 0.3) is 5.91 Å². The first kappa shape index (κ1) is 21.5. The molecule has 29 heavy (non-hydrogen) atoms. The van der Waals surface area contributed by atoms with E-state index in [1.54, 1.807) is 19.1 Å². The van der Waals surface area contributed by atoms with E-state index in [1.165, 1.54) is 17.5 Å². The first-order valence-electron chi connectivity index (χ1n) is 9.48. The normalized spacial score (nSPS) is 16.5. The highest BCUT2D eigenvalue weighted by Crippen LogP contribution is 2.29. The molecule has 2 heterocycles. The quantitative estimate of drug-likeness (QED) is 0.569. The van der Waals surface area contributed by atoms with E-state index in [4.69, 9.17) is 0 Å². The lowest BCUT2D eigenvalue weighted by Crippen LogP contribution is -2.41. The Kier molecular flexibility index (Phi) is 6.76. The van der Waals surface area contributed by atoms with Crippen LogP contribution in [0.2, 0.25) is 0 Å². The number of rotatable bonds is 7. The summed E-state index contributed by atoms with van der Waals surface area (Å²) in [5, 5.41) is 16.6. The Morgan fingerprint density at radius 1 is 1.28 bits per heavy atom. The van der Waals surface area contributed by atoms with Gasteiger partial charge in [0.1, 0.15) is 10.6 Å². The number of aromatic nitrogens is 1. The number of carbonyl (C=O) groups excluding carboxylic acids is 1. The van der Waals surface area contributed by atoms with Crippen molar-refractivity contribution in [3.05, 3.63) is 34.3 Å². The van der Waals surface area contributed by atoms with Crippen molar-refractivity contribution in [2.75, 3.05) is 48.3 Å². The van der Waals surface area contributed by atoms with Crippen LogP contribution in [-0.4, -0.2) is 67.0 Å². The summed E-state index contributed by atoms with van der Waals surface area (Å²) < 4.78 is 22.9. The van der Waals surface area contributed by atoms with E-state index in [2.05, 4.69) is 20.5 Å². The molecule has 1 aliphatic heterocycles. The number of carbonyl (C=O) groups is 1. The Labute approximate surface area is 174 Å². The Bertz CT molecular complexity index is 974. The molecule has 158 valence electrons. The van der Waals surface area contributed by atoms with Crippen LogP contribution in [0.25, 0.3) is 0 Å². The molecule has 1 aromatic heterocycles. The molecule has 2 aromatic rings. The first-order valence-corrected chi connectivity index (χ1v) is 12.1. The third-order valence-corrected chi connectivity index (χ3v) is 7.54. The molecule has 0 saturated carbocycles. The van der Waals surface area contributed by atoms with Crippen molar-refractivity contribution in [1.29, 1.82) is 0 Å². The van der Waals surface area contributed by atoms with Crippen LogP contribution >= 0.6 is 11.3 Å². The number of hydrogen-bond donors (Lipinski definition) is 3. The van der Waals surface area contributed by atoms with E-state index in [9.17, 15) is 18.3 Å². The first-order chi connectivity index (χ1) is 13.7. The van der Waals surface area contributed by atoms with Crippen molar-refractivity contribution < 1.29 is 18.3 Å². The zero-order valence-electron chi connectivity index (χ0n) is 16.6. The van der Waals surface area contributed by atoms with Crippen LogP contribution in [0.15, 0.2) is 18.3 Å². The lowest BCUT2D eigenvalue weighted by Gasteiger charge is -2.26. The lowest BCUT2D eigenvalue weighted by molar-refractivity contribution is 0.103. The fraction of sp³-hybridized carbons (Fsp3) is 0.474. The summed E-state index contributed by atoms with van der Waals surface area (Å²) in [5.41, 5.74) is 2.12. The maximum absolute atomic E-state index is 12.5. The smallest absolute Gasteiger partial charge is 0.267 e. The zero-order chi connectivity index (χ0) is 21.0. The Hall–Kier alpha value is -2.17. The predicted molar refractivity (Wildman–Crippen MR) is 116 cm³/mol. The molecule has 0 atom stereocenters. The van der Waals surface area contributed by atoms with Gasteiger partial charge in [0.05, 0.1) is 23.4 Å². The minimum Gasteiger partial charge on any atom is -0.508 e. The summed E-state index contributed by atoms with van der Waals surface area (Å²) in [6.45, 7) is 6.35. The predicted octanol–water partition coefficient (Wildman–Crippen LogP) is 2.25. The molecule has 0 spiro atoms. The van der Waals surface area contributed by atoms with E-state index < -0.39 is 9.84 Å². The van der Waals surface area contributed by atoms with Crippen LogP contribution in [-0.2, 0) is 9.84 Å². The molecular formula is C19H26N4O4S2. The number of amides is 1. The molecule has 0 aliphatic carbocycles. The second-order valence-corrected chi connectivity index (χ2v) is 10.5. The van der Waals surface area contributed by atoms with E-state index in [0.717, 1.165) is 18.5 Å². The van der Waals surface area contributed by atoms with Gasteiger partial charge >= 0.3 is 0 Å². The number of anilines is 2. The molecule has 1 aromatic carbocycles. The summed E-state index contributed by atoms with van der Waals surface area (Å²) in [5.74, 6) is 0.360. The third kappa shape index (κ3) is 5.68. The van der Waals surface area contributed by atoms with Crippen molar-refractivity contribution in [2.24, 2.45) is 0 Å². The average molecular weight is 439 g/mol. The van der Waals surface area contributed by atoms with E-state index >= 15 is 0 Å². The van der Waals surface area contributed by atoms with Gasteiger partial charge in [0.15, 0.2) is 15.0 Å². The Morgan fingerprint density at radius 2 is 2.00 bits per heavy atom. The number of sulfone groups is 1. The maximum Gasteiger partial charge on any atom is 0.267 e. The number of hydrogen-bond acceptors (Lipinski definition) is 8. The number of thiazole rings is 1. The largest absolute Gasteiger partial charge is 0.508 e. The molecule has 0 bridgehead atoms. The van der Waals surface area contributed by atoms with Crippen molar-refractivity contribution in [3.8, 4) is 5.75 Å². The summed E-state index contributed by atoms with van der Waals surface area (Å²) in [6.07, 6.45) is 2.40. The van der Waals surface area contributed by atoms with Gasteiger partial charge in [-0.3, -0.25) is 4.79 Å². The number of aromatic hydroxyl groups is 1. The van der Waals surface area contributed by atoms with Gasteiger partial charge < -0.3 is 20.6 Å². The molecular weight excluding hydrogens is 412 g/mol. The van der Waals surface area contributed by atoms with Gasteiger partial charge in [-0.15, -0.1) is 0 Å². The van der Waals surface area contributed by atoms with Crippen molar-refractivity contribution in [3.63, 3.8) is 0 Å². The topological polar surface area (TPSA) is 112 Å². The van der Waals surface area contributed by atoms with Crippen molar-refractivity contribution in [2.45, 2.75) is 20.3 Å². The molecule has 0 radical (unpaired) electrons. The fourth-order valence-electron chi connectivity index (χ4n) is 3.14. The van der Waals surface area contributed by atoms with Crippen LogP contribution in [0.5, 0.6) is 5.75 Å². The van der Waals surface area contributed by atoms with Crippen LogP contribution in [0, 0.1) is 13.8 Å². The van der Waals surface area contributed by atoms with Crippen molar-refractivity contribution in [1.82, 2.24) is 9.88 Å². The van der Waals surface area contributed by atoms with E-state index in [1.807, 2.05) is 6.92 Å². The van der Waals surface area contributed by atoms with Crippen LogP contribution in [0.1, 0.15) is 27.2 Å². The highest BCUT2D eigenvalue weighted by Gasteiger charge is 2.21. The second kappa shape index (κ2) is 9.10. The van der Waals surface area contributed by atoms with Gasteiger partial charge in [-0.25, -0.2) is 13.4 Å². The molecule has 3 N–H and O–H groups in total. The monoisotopic (exact) mass is 438 g/mol. The Morgan fingerprint density at radius 3 is 2.72 bits per heavy atom. The molecule has 3 rings (SSSR count). The number of nitrogens with zero attached hydrogens (tertiary/aromatic N) is 2. The molecule has 1 fully saturated rings. The van der Waals surface area contributed by atoms with Crippen LogP contribution < -0.4 is 10.6 Å². The Balaban J connectivity index is 1.47.